The minimum atomic E-state index is -0.0389. The minimum Gasteiger partial charge on any atom is -0.353 e. The van der Waals surface area contributed by atoms with Crippen molar-refractivity contribution < 1.29 is 4.79 Å². The number of thioether (sulfide) groups is 1. The number of aromatic nitrogens is 2. The third kappa shape index (κ3) is 4.94. The molecule has 1 N–H and O–H groups in total. The molecule has 1 saturated heterocycles. The second kappa shape index (κ2) is 9.17. The highest BCUT2D eigenvalue weighted by Gasteiger charge is 2.20. The SMILES string of the molecule is N#CCSc1ccccc1NC(=O)CN1CCN(c2cnccn2)CC1. The van der Waals surface area contributed by atoms with Gasteiger partial charge in [-0.15, -0.1) is 11.8 Å². The van der Waals surface area contributed by atoms with Crippen LogP contribution >= 0.6 is 11.8 Å². The number of rotatable bonds is 6. The quantitative estimate of drug-likeness (QED) is 0.779. The van der Waals surface area contributed by atoms with E-state index >= 15 is 0 Å². The molecular weight excluding hydrogens is 348 g/mol. The monoisotopic (exact) mass is 368 g/mol. The third-order valence-corrected chi connectivity index (χ3v) is 5.01. The number of nitrogens with zero attached hydrogens (tertiary/aromatic N) is 5. The lowest BCUT2D eigenvalue weighted by Crippen LogP contribution is -2.49. The molecule has 26 heavy (non-hydrogen) atoms. The van der Waals surface area contributed by atoms with E-state index in [1.54, 1.807) is 18.6 Å². The van der Waals surface area contributed by atoms with Crippen molar-refractivity contribution in [1.29, 1.82) is 5.26 Å². The topological polar surface area (TPSA) is 85.2 Å². The van der Waals surface area contributed by atoms with E-state index < -0.39 is 0 Å². The fourth-order valence-corrected chi connectivity index (χ4v) is 3.46. The number of hydrogen-bond acceptors (Lipinski definition) is 7. The van der Waals surface area contributed by atoms with Crippen molar-refractivity contribution in [3.8, 4) is 6.07 Å². The van der Waals surface area contributed by atoms with E-state index in [2.05, 4.69) is 31.2 Å². The van der Waals surface area contributed by atoms with E-state index in [1.165, 1.54) is 11.8 Å². The standard InChI is InChI=1S/C18H20N6OS/c19-5-12-26-16-4-2-1-3-15(16)22-18(25)14-23-8-10-24(11-9-23)17-13-20-6-7-21-17/h1-4,6-7,13H,8-12,14H2,(H,22,25). The molecule has 1 aliphatic rings. The summed E-state index contributed by atoms with van der Waals surface area (Å²) in [6, 6.07) is 9.67. The summed E-state index contributed by atoms with van der Waals surface area (Å²) >= 11 is 1.42. The van der Waals surface area contributed by atoms with Crippen molar-refractivity contribution in [3.05, 3.63) is 42.9 Å². The van der Waals surface area contributed by atoms with Gasteiger partial charge in [-0.25, -0.2) is 4.98 Å². The molecule has 0 atom stereocenters. The molecule has 1 fully saturated rings. The van der Waals surface area contributed by atoms with E-state index in [9.17, 15) is 4.79 Å². The Balaban J connectivity index is 1.50. The van der Waals surface area contributed by atoms with Crippen LogP contribution in [0.25, 0.3) is 0 Å². The van der Waals surface area contributed by atoms with Crippen LogP contribution in [0.1, 0.15) is 0 Å². The van der Waals surface area contributed by atoms with Gasteiger partial charge in [0.2, 0.25) is 5.91 Å². The Morgan fingerprint density at radius 3 is 2.77 bits per heavy atom. The Morgan fingerprint density at radius 2 is 2.04 bits per heavy atom. The molecule has 0 saturated carbocycles. The van der Waals surface area contributed by atoms with E-state index in [-0.39, 0.29) is 5.91 Å². The van der Waals surface area contributed by atoms with Gasteiger partial charge in [-0.2, -0.15) is 5.26 Å². The Labute approximate surface area is 157 Å². The second-order valence-corrected chi connectivity index (χ2v) is 6.84. The molecule has 0 spiro atoms. The summed E-state index contributed by atoms with van der Waals surface area (Å²) in [6.07, 6.45) is 5.12. The summed E-state index contributed by atoms with van der Waals surface area (Å²) in [5.41, 5.74) is 0.760. The molecule has 7 nitrogen and oxygen atoms in total. The van der Waals surface area contributed by atoms with Gasteiger partial charge in [0.1, 0.15) is 5.82 Å². The number of para-hydroxylation sites is 1. The zero-order chi connectivity index (χ0) is 18.2. The van der Waals surface area contributed by atoms with Crippen LogP contribution in [-0.2, 0) is 4.79 Å². The summed E-state index contributed by atoms with van der Waals surface area (Å²) < 4.78 is 0. The largest absolute Gasteiger partial charge is 0.353 e. The van der Waals surface area contributed by atoms with Crippen LogP contribution in [0.4, 0.5) is 11.5 Å². The first-order chi connectivity index (χ1) is 12.8. The molecule has 134 valence electrons. The molecule has 2 aromatic rings. The number of nitrogens with one attached hydrogen (secondary N) is 1. The number of piperazine rings is 1. The van der Waals surface area contributed by atoms with Gasteiger partial charge in [0.25, 0.3) is 0 Å². The molecule has 0 unspecified atom stereocenters. The summed E-state index contributed by atoms with van der Waals surface area (Å²) in [7, 11) is 0. The zero-order valence-corrected chi connectivity index (χ0v) is 15.2. The first kappa shape index (κ1) is 18.2. The molecular formula is C18H20N6OS. The van der Waals surface area contributed by atoms with Crippen LogP contribution < -0.4 is 10.2 Å². The van der Waals surface area contributed by atoms with Gasteiger partial charge in [-0.05, 0) is 12.1 Å². The maximum Gasteiger partial charge on any atom is 0.238 e. The van der Waals surface area contributed by atoms with Gasteiger partial charge in [0.05, 0.1) is 30.3 Å². The van der Waals surface area contributed by atoms with Crippen LogP contribution in [0.3, 0.4) is 0 Å². The van der Waals surface area contributed by atoms with E-state index in [0.29, 0.717) is 12.3 Å². The number of anilines is 2. The molecule has 0 bridgehead atoms. The number of nitriles is 1. The highest BCUT2D eigenvalue weighted by atomic mass is 32.2. The first-order valence-electron chi connectivity index (χ1n) is 8.38. The molecule has 1 amide bonds. The van der Waals surface area contributed by atoms with Crippen LogP contribution in [0.15, 0.2) is 47.8 Å². The van der Waals surface area contributed by atoms with Crippen LogP contribution in [0, 0.1) is 11.3 Å². The zero-order valence-electron chi connectivity index (χ0n) is 14.3. The molecule has 3 rings (SSSR count). The average molecular weight is 368 g/mol. The van der Waals surface area contributed by atoms with Gasteiger partial charge in [-0.3, -0.25) is 14.7 Å². The van der Waals surface area contributed by atoms with E-state index in [4.69, 9.17) is 5.26 Å². The van der Waals surface area contributed by atoms with Gasteiger partial charge < -0.3 is 10.2 Å². The van der Waals surface area contributed by atoms with Crippen LogP contribution in [-0.4, -0.2) is 59.3 Å². The fourth-order valence-electron chi connectivity index (χ4n) is 2.79. The highest BCUT2D eigenvalue weighted by molar-refractivity contribution is 7.99. The highest BCUT2D eigenvalue weighted by Crippen LogP contribution is 2.26. The Bertz CT molecular complexity index is 771. The lowest BCUT2D eigenvalue weighted by atomic mass is 10.3. The Kier molecular flexibility index (Phi) is 6.41. The molecule has 0 radical (unpaired) electrons. The number of carbonyl (C=O) groups is 1. The lowest BCUT2D eigenvalue weighted by molar-refractivity contribution is -0.117. The minimum absolute atomic E-state index is 0.0389. The van der Waals surface area contributed by atoms with Crippen LogP contribution in [0.2, 0.25) is 0 Å². The van der Waals surface area contributed by atoms with Crippen molar-refractivity contribution in [1.82, 2.24) is 14.9 Å². The number of amides is 1. The normalized spacial score (nSPS) is 14.7. The van der Waals surface area contributed by atoms with Crippen molar-refractivity contribution in [3.63, 3.8) is 0 Å². The summed E-state index contributed by atoms with van der Waals surface area (Å²) in [6.45, 7) is 3.59. The third-order valence-electron chi connectivity index (χ3n) is 4.07. The predicted octanol–water partition coefficient (Wildman–Crippen LogP) is 1.85. The smallest absolute Gasteiger partial charge is 0.238 e. The van der Waals surface area contributed by atoms with Gasteiger partial charge >= 0.3 is 0 Å². The second-order valence-electron chi connectivity index (χ2n) is 5.82. The molecule has 1 aromatic heterocycles. The molecule has 1 aromatic carbocycles. The van der Waals surface area contributed by atoms with Crippen LogP contribution in [0.5, 0.6) is 0 Å². The van der Waals surface area contributed by atoms with E-state index in [1.807, 2.05) is 24.3 Å². The molecule has 0 aliphatic carbocycles. The van der Waals surface area contributed by atoms with E-state index in [0.717, 1.165) is 42.6 Å². The molecule has 2 heterocycles. The maximum absolute atomic E-state index is 12.4. The first-order valence-corrected chi connectivity index (χ1v) is 9.37. The van der Waals surface area contributed by atoms with Crippen molar-refractivity contribution in [2.75, 3.05) is 48.7 Å². The van der Waals surface area contributed by atoms with Gasteiger partial charge in [-0.1, -0.05) is 12.1 Å². The summed E-state index contributed by atoms with van der Waals surface area (Å²) in [4.78, 5) is 26.0. The maximum atomic E-state index is 12.4. The van der Waals surface area contributed by atoms with Crippen molar-refractivity contribution in [2.45, 2.75) is 4.90 Å². The predicted molar refractivity (Wildman–Crippen MR) is 102 cm³/mol. The average Bonchev–Trinajstić information content (AvgIpc) is 2.68. The molecule has 8 heteroatoms. The Hall–Kier alpha value is -2.63. The lowest BCUT2D eigenvalue weighted by Gasteiger charge is -2.34. The summed E-state index contributed by atoms with van der Waals surface area (Å²) in [5.74, 6) is 1.19. The number of hydrogen-bond donors (Lipinski definition) is 1. The van der Waals surface area contributed by atoms with Crippen molar-refractivity contribution >= 4 is 29.2 Å². The van der Waals surface area contributed by atoms with Gasteiger partial charge in [0, 0.05) is 43.5 Å². The summed E-state index contributed by atoms with van der Waals surface area (Å²) in [5, 5.41) is 11.7. The van der Waals surface area contributed by atoms with Gasteiger partial charge in [0.15, 0.2) is 0 Å². The number of benzene rings is 1. The Morgan fingerprint density at radius 1 is 1.23 bits per heavy atom. The molecule has 1 aliphatic heterocycles. The number of carbonyl (C=O) groups excluding carboxylic acids is 1. The fraction of sp³-hybridized carbons (Fsp3) is 0.333. The van der Waals surface area contributed by atoms with Crippen molar-refractivity contribution in [2.24, 2.45) is 0 Å².